The number of hydrogen-bond donors (Lipinski definition) is 1. The summed E-state index contributed by atoms with van der Waals surface area (Å²) in [5.74, 6) is -0.320. The molecule has 0 fully saturated rings. The number of carboxylic acid groups (broad SMARTS) is 1. The van der Waals surface area contributed by atoms with Gasteiger partial charge in [-0.2, -0.15) is 0 Å². The fraction of sp³-hybridized carbons (Fsp3) is 0.176. The van der Waals surface area contributed by atoms with Crippen LogP contribution in [0, 0.1) is 13.8 Å². The van der Waals surface area contributed by atoms with Crippen LogP contribution in [-0.4, -0.2) is 36.6 Å². The second-order valence-corrected chi connectivity index (χ2v) is 6.23. The molecule has 24 heavy (non-hydrogen) atoms. The zero-order chi connectivity index (χ0) is 17.1. The Morgan fingerprint density at radius 3 is 2.75 bits per heavy atom. The second-order valence-electron chi connectivity index (χ2n) is 5.28. The van der Waals surface area contributed by atoms with E-state index in [-0.39, 0.29) is 5.75 Å². The molecule has 122 valence electrons. The molecule has 0 bridgehead atoms. The van der Waals surface area contributed by atoms with Crippen molar-refractivity contribution in [2.24, 2.45) is 0 Å². The highest BCUT2D eigenvalue weighted by atomic mass is 32.2. The van der Waals surface area contributed by atoms with E-state index in [0.29, 0.717) is 11.0 Å². The van der Waals surface area contributed by atoms with Crippen LogP contribution in [-0.2, 0) is 4.79 Å². The van der Waals surface area contributed by atoms with E-state index in [9.17, 15) is 4.79 Å². The first kappa shape index (κ1) is 16.2. The van der Waals surface area contributed by atoms with Crippen molar-refractivity contribution in [1.29, 1.82) is 0 Å². The molecule has 3 rings (SSSR count). The smallest absolute Gasteiger partial charge is 0.313 e. The number of hydrogen-bond acceptors (Lipinski definition) is 5. The fourth-order valence-electron chi connectivity index (χ4n) is 2.37. The highest BCUT2D eigenvalue weighted by Crippen LogP contribution is 2.29. The first-order valence-corrected chi connectivity index (χ1v) is 8.33. The van der Waals surface area contributed by atoms with Crippen molar-refractivity contribution in [2.45, 2.75) is 19.0 Å². The van der Waals surface area contributed by atoms with Crippen LogP contribution in [0.15, 0.2) is 47.9 Å². The van der Waals surface area contributed by atoms with Crippen LogP contribution in [0.2, 0.25) is 0 Å². The number of aromatic nitrogens is 4. The molecule has 0 unspecified atom stereocenters. The Bertz CT molecular complexity index is 878. The van der Waals surface area contributed by atoms with Gasteiger partial charge >= 0.3 is 5.97 Å². The average molecular weight is 340 g/mol. The van der Waals surface area contributed by atoms with E-state index in [0.717, 1.165) is 34.1 Å². The summed E-state index contributed by atoms with van der Waals surface area (Å²) in [6.45, 7) is 4.07. The zero-order valence-corrected chi connectivity index (χ0v) is 14.1. The summed E-state index contributed by atoms with van der Waals surface area (Å²) in [7, 11) is 0. The third-order valence-electron chi connectivity index (χ3n) is 3.69. The molecule has 0 atom stereocenters. The number of thioether (sulfide) groups is 1. The molecule has 1 aromatic carbocycles. The number of rotatable bonds is 5. The zero-order valence-electron chi connectivity index (χ0n) is 13.3. The van der Waals surface area contributed by atoms with Gasteiger partial charge in [0.05, 0.1) is 11.4 Å². The Morgan fingerprint density at radius 1 is 1.21 bits per heavy atom. The number of aliphatic carboxylic acids is 1. The Kier molecular flexibility index (Phi) is 4.61. The average Bonchev–Trinajstić information content (AvgIpc) is 3.00. The van der Waals surface area contributed by atoms with Gasteiger partial charge in [-0.15, -0.1) is 10.2 Å². The lowest BCUT2D eigenvalue weighted by molar-refractivity contribution is -0.133. The maximum atomic E-state index is 10.9. The van der Waals surface area contributed by atoms with Crippen molar-refractivity contribution in [3.8, 4) is 17.1 Å². The topological polar surface area (TPSA) is 80.9 Å². The number of benzene rings is 1. The number of aryl methyl sites for hydroxylation is 1. The predicted molar refractivity (Wildman–Crippen MR) is 92.4 cm³/mol. The van der Waals surface area contributed by atoms with Gasteiger partial charge in [0.2, 0.25) is 0 Å². The first-order valence-electron chi connectivity index (χ1n) is 7.35. The maximum absolute atomic E-state index is 10.9. The highest BCUT2D eigenvalue weighted by molar-refractivity contribution is 7.99. The van der Waals surface area contributed by atoms with E-state index in [2.05, 4.69) is 15.2 Å². The summed E-state index contributed by atoms with van der Waals surface area (Å²) < 4.78 is 1.90. The van der Waals surface area contributed by atoms with Crippen LogP contribution in [0.25, 0.3) is 17.1 Å². The molecule has 0 spiro atoms. The van der Waals surface area contributed by atoms with E-state index < -0.39 is 5.97 Å². The lowest BCUT2D eigenvalue weighted by atomic mass is 10.1. The van der Waals surface area contributed by atoms with Gasteiger partial charge in [0.25, 0.3) is 0 Å². The summed E-state index contributed by atoms with van der Waals surface area (Å²) in [6, 6.07) is 9.73. The van der Waals surface area contributed by atoms with E-state index in [1.165, 1.54) is 0 Å². The van der Waals surface area contributed by atoms with Crippen molar-refractivity contribution in [2.75, 3.05) is 5.75 Å². The minimum Gasteiger partial charge on any atom is -0.481 e. The molecule has 0 amide bonds. The molecule has 0 aliphatic heterocycles. The van der Waals surface area contributed by atoms with Crippen LogP contribution < -0.4 is 0 Å². The molecular weight excluding hydrogens is 324 g/mol. The lowest BCUT2D eigenvalue weighted by Gasteiger charge is -2.14. The van der Waals surface area contributed by atoms with Gasteiger partial charge < -0.3 is 5.11 Å². The molecule has 2 aromatic heterocycles. The molecule has 0 aliphatic carbocycles. The third kappa shape index (κ3) is 3.16. The molecular formula is C17H16N4O2S. The Balaban J connectivity index is 2.18. The van der Waals surface area contributed by atoms with Gasteiger partial charge in [0.1, 0.15) is 0 Å². The van der Waals surface area contributed by atoms with E-state index >= 15 is 0 Å². The summed E-state index contributed by atoms with van der Waals surface area (Å²) in [5.41, 5.74) is 4.01. The number of carboxylic acids is 1. The number of carbonyl (C=O) groups is 1. The Hall–Kier alpha value is -2.67. The van der Waals surface area contributed by atoms with Gasteiger partial charge in [0.15, 0.2) is 11.0 Å². The normalized spacial score (nSPS) is 10.8. The second kappa shape index (κ2) is 6.84. The minimum atomic E-state index is -0.890. The molecule has 0 radical (unpaired) electrons. The fourth-order valence-corrected chi connectivity index (χ4v) is 3.03. The lowest BCUT2D eigenvalue weighted by Crippen LogP contribution is -2.05. The van der Waals surface area contributed by atoms with E-state index in [1.54, 1.807) is 12.4 Å². The maximum Gasteiger partial charge on any atom is 0.313 e. The van der Waals surface area contributed by atoms with Crippen LogP contribution in [0.4, 0.5) is 0 Å². The van der Waals surface area contributed by atoms with Gasteiger partial charge in [-0.05, 0) is 43.2 Å². The van der Waals surface area contributed by atoms with Crippen molar-refractivity contribution in [1.82, 2.24) is 19.7 Å². The molecule has 2 heterocycles. The Labute approximate surface area is 143 Å². The number of nitrogens with zero attached hydrogens (tertiary/aromatic N) is 4. The molecule has 3 aromatic rings. The van der Waals surface area contributed by atoms with Gasteiger partial charge in [-0.25, -0.2) is 0 Å². The van der Waals surface area contributed by atoms with Gasteiger partial charge in [-0.1, -0.05) is 23.9 Å². The Morgan fingerprint density at radius 2 is 2.04 bits per heavy atom. The SMILES string of the molecule is Cc1cccc(-n2c(SCC(=O)O)nnc2-c2cccnc2)c1C. The van der Waals surface area contributed by atoms with Crippen molar-refractivity contribution in [3.63, 3.8) is 0 Å². The van der Waals surface area contributed by atoms with Crippen LogP contribution in [0.1, 0.15) is 11.1 Å². The standard InChI is InChI=1S/C17H16N4O2S/c1-11-5-3-7-14(12(11)2)21-16(13-6-4-8-18-9-13)19-20-17(21)24-10-15(22)23/h3-9H,10H2,1-2H3,(H,22,23). The van der Waals surface area contributed by atoms with Gasteiger partial charge in [-0.3, -0.25) is 14.3 Å². The summed E-state index contributed by atoms with van der Waals surface area (Å²) in [5, 5.41) is 18.0. The highest BCUT2D eigenvalue weighted by Gasteiger charge is 2.18. The predicted octanol–water partition coefficient (Wildman–Crippen LogP) is 3.12. The monoisotopic (exact) mass is 340 g/mol. The third-order valence-corrected chi connectivity index (χ3v) is 4.61. The molecule has 6 nitrogen and oxygen atoms in total. The van der Waals surface area contributed by atoms with Crippen LogP contribution in [0.3, 0.4) is 0 Å². The minimum absolute atomic E-state index is 0.0734. The molecule has 1 N–H and O–H groups in total. The van der Waals surface area contributed by atoms with Crippen molar-refractivity contribution in [3.05, 3.63) is 53.9 Å². The molecule has 0 saturated heterocycles. The number of pyridine rings is 1. The van der Waals surface area contributed by atoms with Crippen molar-refractivity contribution < 1.29 is 9.90 Å². The summed E-state index contributed by atoms with van der Waals surface area (Å²) in [6.07, 6.45) is 3.42. The molecule has 0 aliphatic rings. The molecule has 7 heteroatoms. The quantitative estimate of drug-likeness (QED) is 0.719. The first-order chi connectivity index (χ1) is 11.6. The van der Waals surface area contributed by atoms with Gasteiger partial charge in [0, 0.05) is 18.0 Å². The largest absolute Gasteiger partial charge is 0.481 e. The molecule has 0 saturated carbocycles. The van der Waals surface area contributed by atoms with E-state index in [4.69, 9.17) is 5.11 Å². The summed E-state index contributed by atoms with van der Waals surface area (Å²) >= 11 is 1.15. The summed E-state index contributed by atoms with van der Waals surface area (Å²) in [4.78, 5) is 15.1. The van der Waals surface area contributed by atoms with Crippen molar-refractivity contribution >= 4 is 17.7 Å². The van der Waals surface area contributed by atoms with Crippen LogP contribution >= 0.6 is 11.8 Å². The van der Waals surface area contributed by atoms with E-state index in [1.807, 2.05) is 48.7 Å². The van der Waals surface area contributed by atoms with Crippen LogP contribution in [0.5, 0.6) is 0 Å².